The number of benzene rings is 2. The van der Waals surface area contributed by atoms with Crippen LogP contribution in [-0.4, -0.2) is 36.8 Å². The van der Waals surface area contributed by atoms with Gasteiger partial charge in [0, 0.05) is 31.1 Å². The van der Waals surface area contributed by atoms with E-state index in [1.54, 1.807) is 18.2 Å². The second kappa shape index (κ2) is 6.51. The SMILES string of the molecule is N[C@@H]1CN(S(=O)(=O)c2ccccc2[N+](=O)[O-])C[C@H]1c1ccccc1F. The van der Waals surface area contributed by atoms with Crippen molar-refractivity contribution in [3.8, 4) is 0 Å². The van der Waals surface area contributed by atoms with Crippen molar-refractivity contribution in [3.05, 3.63) is 70.0 Å². The van der Waals surface area contributed by atoms with Gasteiger partial charge in [-0.3, -0.25) is 10.1 Å². The van der Waals surface area contributed by atoms with Crippen molar-refractivity contribution in [3.63, 3.8) is 0 Å². The highest BCUT2D eigenvalue weighted by molar-refractivity contribution is 7.89. The predicted octanol–water partition coefficient (Wildman–Crippen LogP) is 1.85. The van der Waals surface area contributed by atoms with Crippen LogP contribution in [0.3, 0.4) is 0 Å². The summed E-state index contributed by atoms with van der Waals surface area (Å²) >= 11 is 0. The number of para-hydroxylation sites is 1. The van der Waals surface area contributed by atoms with E-state index in [0.29, 0.717) is 5.56 Å². The summed E-state index contributed by atoms with van der Waals surface area (Å²) in [6.45, 7) is -0.0656. The molecule has 3 rings (SSSR count). The summed E-state index contributed by atoms with van der Waals surface area (Å²) in [6.07, 6.45) is 0. The van der Waals surface area contributed by atoms with Gasteiger partial charge in [0.05, 0.1) is 4.92 Å². The second-order valence-corrected chi connectivity index (χ2v) is 7.75. The van der Waals surface area contributed by atoms with Crippen molar-refractivity contribution >= 4 is 15.7 Å². The largest absolute Gasteiger partial charge is 0.326 e. The zero-order chi connectivity index (χ0) is 18.2. The van der Waals surface area contributed by atoms with E-state index in [-0.39, 0.29) is 18.0 Å². The Hall–Kier alpha value is -2.36. The van der Waals surface area contributed by atoms with Crippen molar-refractivity contribution in [1.82, 2.24) is 4.31 Å². The number of hydrogen-bond donors (Lipinski definition) is 1. The Balaban J connectivity index is 1.96. The molecular formula is C16H16FN3O4S. The van der Waals surface area contributed by atoms with Crippen LogP contribution in [0.25, 0.3) is 0 Å². The molecule has 0 amide bonds. The topological polar surface area (TPSA) is 107 Å². The summed E-state index contributed by atoms with van der Waals surface area (Å²) in [4.78, 5) is 10.00. The molecule has 2 aromatic carbocycles. The maximum Gasteiger partial charge on any atom is 0.289 e. The number of nitro groups is 1. The lowest BCUT2D eigenvalue weighted by atomic mass is 9.94. The van der Waals surface area contributed by atoms with Crippen molar-refractivity contribution < 1.29 is 17.7 Å². The van der Waals surface area contributed by atoms with E-state index >= 15 is 0 Å². The Morgan fingerprint density at radius 1 is 1.12 bits per heavy atom. The second-order valence-electron chi connectivity index (χ2n) is 5.84. The number of hydrogen-bond acceptors (Lipinski definition) is 5. The summed E-state index contributed by atoms with van der Waals surface area (Å²) in [5.41, 5.74) is 5.88. The predicted molar refractivity (Wildman–Crippen MR) is 89.0 cm³/mol. The van der Waals surface area contributed by atoms with E-state index in [0.717, 1.165) is 10.4 Å². The third-order valence-electron chi connectivity index (χ3n) is 4.32. The quantitative estimate of drug-likeness (QED) is 0.657. The van der Waals surface area contributed by atoms with Gasteiger partial charge in [-0.1, -0.05) is 30.3 Å². The van der Waals surface area contributed by atoms with Gasteiger partial charge in [0.15, 0.2) is 4.90 Å². The molecule has 2 atom stereocenters. The average molecular weight is 365 g/mol. The first-order valence-corrected chi connectivity index (χ1v) is 9.00. The molecule has 0 spiro atoms. The van der Waals surface area contributed by atoms with Crippen LogP contribution in [0.5, 0.6) is 0 Å². The molecule has 1 saturated heterocycles. The first-order chi connectivity index (χ1) is 11.8. The van der Waals surface area contributed by atoms with Crippen LogP contribution in [0.4, 0.5) is 10.1 Å². The molecule has 1 heterocycles. The summed E-state index contributed by atoms with van der Waals surface area (Å²) in [5.74, 6) is -0.966. The van der Waals surface area contributed by atoms with E-state index in [1.807, 2.05) is 0 Å². The molecule has 0 aromatic heterocycles. The maximum atomic E-state index is 14.0. The van der Waals surface area contributed by atoms with Crippen LogP contribution in [0, 0.1) is 15.9 Å². The van der Waals surface area contributed by atoms with E-state index in [1.165, 1.54) is 24.3 Å². The lowest BCUT2D eigenvalue weighted by Crippen LogP contribution is -2.32. The standard InChI is InChI=1S/C16H16FN3O4S/c17-13-6-2-1-5-11(13)12-9-19(10-14(12)18)25(23,24)16-8-4-3-7-15(16)20(21)22/h1-8,12,14H,9-10,18H2/t12-,14+/m0/s1. The Morgan fingerprint density at radius 3 is 2.44 bits per heavy atom. The Labute approximate surface area is 144 Å². The molecule has 2 aromatic rings. The molecule has 0 radical (unpaired) electrons. The van der Waals surface area contributed by atoms with E-state index in [9.17, 15) is 22.9 Å². The van der Waals surface area contributed by atoms with Crippen LogP contribution in [0.15, 0.2) is 53.4 Å². The molecule has 1 aliphatic heterocycles. The van der Waals surface area contributed by atoms with Gasteiger partial charge in [-0.15, -0.1) is 0 Å². The summed E-state index contributed by atoms with van der Waals surface area (Å²) in [7, 11) is -4.11. The highest BCUT2D eigenvalue weighted by atomic mass is 32.2. The van der Waals surface area contributed by atoms with Gasteiger partial charge in [-0.2, -0.15) is 4.31 Å². The van der Waals surface area contributed by atoms with Crippen molar-refractivity contribution in [2.75, 3.05) is 13.1 Å². The number of nitrogens with two attached hydrogens (primary N) is 1. The van der Waals surface area contributed by atoms with Crippen LogP contribution >= 0.6 is 0 Å². The molecule has 25 heavy (non-hydrogen) atoms. The molecule has 0 unspecified atom stereocenters. The highest BCUT2D eigenvalue weighted by Crippen LogP contribution is 2.34. The Bertz CT molecular complexity index is 919. The van der Waals surface area contributed by atoms with Gasteiger partial charge < -0.3 is 5.73 Å². The van der Waals surface area contributed by atoms with Gasteiger partial charge in [-0.05, 0) is 17.7 Å². The smallest absolute Gasteiger partial charge is 0.289 e. The number of nitrogens with zero attached hydrogens (tertiary/aromatic N) is 2. The van der Waals surface area contributed by atoms with Gasteiger partial charge >= 0.3 is 0 Å². The maximum absolute atomic E-state index is 14.0. The minimum absolute atomic E-state index is 0.0313. The van der Waals surface area contributed by atoms with Gasteiger partial charge in [0.1, 0.15) is 5.82 Å². The van der Waals surface area contributed by atoms with Gasteiger partial charge in [-0.25, -0.2) is 12.8 Å². The van der Waals surface area contributed by atoms with Crippen LogP contribution in [0.2, 0.25) is 0 Å². The molecule has 0 saturated carbocycles. The molecule has 0 aliphatic carbocycles. The van der Waals surface area contributed by atoms with E-state index in [2.05, 4.69) is 0 Å². The molecule has 2 N–H and O–H groups in total. The zero-order valence-corrected chi connectivity index (χ0v) is 13.9. The van der Waals surface area contributed by atoms with E-state index in [4.69, 9.17) is 5.73 Å². The minimum Gasteiger partial charge on any atom is -0.326 e. The molecule has 0 bridgehead atoms. The first-order valence-electron chi connectivity index (χ1n) is 7.56. The van der Waals surface area contributed by atoms with E-state index < -0.39 is 38.4 Å². The van der Waals surface area contributed by atoms with Gasteiger partial charge in [0.2, 0.25) is 10.0 Å². The molecule has 9 heteroatoms. The molecule has 1 fully saturated rings. The number of nitro benzene ring substituents is 1. The lowest BCUT2D eigenvalue weighted by Gasteiger charge is -2.17. The Morgan fingerprint density at radius 2 is 1.76 bits per heavy atom. The lowest BCUT2D eigenvalue weighted by molar-refractivity contribution is -0.387. The molecule has 132 valence electrons. The fourth-order valence-electron chi connectivity index (χ4n) is 3.06. The van der Waals surface area contributed by atoms with Crippen molar-refractivity contribution in [1.29, 1.82) is 0 Å². The van der Waals surface area contributed by atoms with Crippen LogP contribution in [-0.2, 0) is 10.0 Å². The normalized spacial score (nSPS) is 21.4. The van der Waals surface area contributed by atoms with Gasteiger partial charge in [0.25, 0.3) is 5.69 Å². The number of halogens is 1. The van der Waals surface area contributed by atoms with Crippen LogP contribution < -0.4 is 5.73 Å². The monoisotopic (exact) mass is 365 g/mol. The molecule has 7 nitrogen and oxygen atoms in total. The fraction of sp³-hybridized carbons (Fsp3) is 0.250. The molecular weight excluding hydrogens is 349 g/mol. The van der Waals surface area contributed by atoms with Crippen molar-refractivity contribution in [2.24, 2.45) is 5.73 Å². The van der Waals surface area contributed by atoms with Crippen molar-refractivity contribution in [2.45, 2.75) is 16.9 Å². The third-order valence-corrected chi connectivity index (χ3v) is 6.20. The third kappa shape index (κ3) is 3.13. The average Bonchev–Trinajstić information content (AvgIpc) is 2.98. The fourth-order valence-corrected chi connectivity index (χ4v) is 4.72. The first kappa shape index (κ1) is 17.5. The van der Waals surface area contributed by atoms with Crippen LogP contribution in [0.1, 0.15) is 11.5 Å². The molecule has 1 aliphatic rings. The zero-order valence-electron chi connectivity index (χ0n) is 13.1. The highest BCUT2D eigenvalue weighted by Gasteiger charge is 2.41. The Kier molecular flexibility index (Phi) is 4.55. The number of rotatable bonds is 4. The summed E-state index contributed by atoms with van der Waals surface area (Å²) < 4.78 is 40.8. The minimum atomic E-state index is -4.11. The number of sulfonamides is 1. The summed E-state index contributed by atoms with van der Waals surface area (Å²) in [6, 6.07) is 10.6. The summed E-state index contributed by atoms with van der Waals surface area (Å²) in [5, 5.41) is 11.1.